The second-order valence-corrected chi connectivity index (χ2v) is 8.29. The van der Waals surface area contributed by atoms with E-state index >= 15 is 0 Å². The van der Waals surface area contributed by atoms with Gasteiger partial charge in [-0.05, 0) is 49.9 Å². The average Bonchev–Trinajstić information content (AvgIpc) is 3.11. The Hall–Kier alpha value is -2.27. The summed E-state index contributed by atoms with van der Waals surface area (Å²) in [6.45, 7) is 11.5. The van der Waals surface area contributed by atoms with Crippen molar-refractivity contribution in [1.82, 2.24) is 14.8 Å². The highest BCUT2D eigenvalue weighted by Gasteiger charge is 2.19. The Kier molecular flexibility index (Phi) is 6.79. The Morgan fingerprint density at radius 3 is 2.25 bits per heavy atom. The summed E-state index contributed by atoms with van der Waals surface area (Å²) in [5.41, 5.74) is 3.88. The number of nitrogens with zero attached hydrogens (tertiary/aromatic N) is 3. The van der Waals surface area contributed by atoms with E-state index in [1.807, 2.05) is 19.1 Å². The van der Waals surface area contributed by atoms with E-state index in [4.69, 9.17) is 4.74 Å². The lowest BCUT2D eigenvalue weighted by molar-refractivity contribution is 0.210. The van der Waals surface area contributed by atoms with E-state index in [-0.39, 0.29) is 6.10 Å². The van der Waals surface area contributed by atoms with Gasteiger partial charge in [0.15, 0.2) is 17.1 Å². The molecule has 3 rings (SSSR count). The van der Waals surface area contributed by atoms with Gasteiger partial charge in [-0.2, -0.15) is 0 Å². The SMILES string of the molecule is CCn1c(SCc2ccc(C)cc2)nnc1[C@H](C)Oc1ccc(C(C)C)cc1. The number of aryl methyl sites for hydroxylation is 1. The van der Waals surface area contributed by atoms with E-state index in [0.29, 0.717) is 5.92 Å². The van der Waals surface area contributed by atoms with Crippen LogP contribution in [0, 0.1) is 6.92 Å². The van der Waals surface area contributed by atoms with Crippen LogP contribution in [-0.2, 0) is 12.3 Å². The van der Waals surface area contributed by atoms with Gasteiger partial charge in [-0.3, -0.25) is 0 Å². The molecule has 0 spiro atoms. The van der Waals surface area contributed by atoms with Crippen LogP contribution in [0.25, 0.3) is 0 Å². The van der Waals surface area contributed by atoms with Gasteiger partial charge in [0, 0.05) is 12.3 Å². The lowest BCUT2D eigenvalue weighted by Crippen LogP contribution is -2.12. The van der Waals surface area contributed by atoms with E-state index in [2.05, 4.69) is 78.9 Å². The van der Waals surface area contributed by atoms with Crippen LogP contribution in [0.15, 0.2) is 53.7 Å². The highest BCUT2D eigenvalue weighted by atomic mass is 32.2. The van der Waals surface area contributed by atoms with Crippen LogP contribution in [0.3, 0.4) is 0 Å². The molecular formula is C23H29N3OS. The molecule has 0 aliphatic rings. The Morgan fingerprint density at radius 2 is 1.64 bits per heavy atom. The molecule has 1 aromatic heterocycles. The first-order chi connectivity index (χ1) is 13.5. The lowest BCUT2D eigenvalue weighted by atomic mass is 10.0. The third-order valence-electron chi connectivity index (χ3n) is 4.77. The molecule has 2 aromatic carbocycles. The summed E-state index contributed by atoms with van der Waals surface area (Å²) in [5, 5.41) is 9.77. The number of hydrogen-bond donors (Lipinski definition) is 0. The third kappa shape index (κ3) is 4.96. The molecule has 1 heterocycles. The largest absolute Gasteiger partial charge is 0.483 e. The van der Waals surface area contributed by atoms with Gasteiger partial charge in [0.1, 0.15) is 5.75 Å². The molecule has 0 aliphatic carbocycles. The Balaban J connectivity index is 1.68. The standard InChI is InChI=1S/C23H29N3OS/c1-6-26-22(18(5)27-21-13-11-20(12-14-21)16(2)3)24-25-23(26)28-15-19-9-7-17(4)8-10-19/h7-14,16,18H,6,15H2,1-5H3/t18-/m0/s1. The first-order valence-corrected chi connectivity index (χ1v) is 10.8. The zero-order chi connectivity index (χ0) is 20.1. The summed E-state index contributed by atoms with van der Waals surface area (Å²) in [7, 11) is 0. The second-order valence-electron chi connectivity index (χ2n) is 7.34. The molecule has 0 aliphatic heterocycles. The summed E-state index contributed by atoms with van der Waals surface area (Å²) in [6.07, 6.45) is -0.161. The van der Waals surface area contributed by atoms with Gasteiger partial charge in [0.2, 0.25) is 0 Å². The Labute approximate surface area is 172 Å². The van der Waals surface area contributed by atoms with Gasteiger partial charge in [0.25, 0.3) is 0 Å². The van der Waals surface area contributed by atoms with Crippen molar-refractivity contribution < 1.29 is 4.74 Å². The van der Waals surface area contributed by atoms with E-state index in [0.717, 1.165) is 29.0 Å². The summed E-state index contributed by atoms with van der Waals surface area (Å²) >= 11 is 1.71. The monoisotopic (exact) mass is 395 g/mol. The highest BCUT2D eigenvalue weighted by Crippen LogP contribution is 2.27. The summed E-state index contributed by atoms with van der Waals surface area (Å²) in [5.74, 6) is 3.12. The van der Waals surface area contributed by atoms with Crippen LogP contribution in [0.4, 0.5) is 0 Å². The van der Waals surface area contributed by atoms with Crippen LogP contribution in [0.5, 0.6) is 5.75 Å². The quantitative estimate of drug-likeness (QED) is 0.428. The van der Waals surface area contributed by atoms with Crippen molar-refractivity contribution in [3.63, 3.8) is 0 Å². The predicted octanol–water partition coefficient (Wildman–Crippen LogP) is 6.16. The zero-order valence-electron chi connectivity index (χ0n) is 17.3. The number of benzene rings is 2. The number of hydrogen-bond acceptors (Lipinski definition) is 4. The van der Waals surface area contributed by atoms with Crippen LogP contribution in [0.1, 0.15) is 62.2 Å². The van der Waals surface area contributed by atoms with Gasteiger partial charge in [-0.15, -0.1) is 10.2 Å². The maximum Gasteiger partial charge on any atom is 0.191 e. The second kappa shape index (κ2) is 9.28. The fraction of sp³-hybridized carbons (Fsp3) is 0.391. The third-order valence-corrected chi connectivity index (χ3v) is 5.81. The molecule has 0 fully saturated rings. The van der Waals surface area contributed by atoms with Crippen LogP contribution in [0.2, 0.25) is 0 Å². The van der Waals surface area contributed by atoms with Crippen molar-refractivity contribution >= 4 is 11.8 Å². The van der Waals surface area contributed by atoms with Gasteiger partial charge in [0.05, 0.1) is 0 Å². The van der Waals surface area contributed by atoms with E-state index < -0.39 is 0 Å². The highest BCUT2D eigenvalue weighted by molar-refractivity contribution is 7.98. The van der Waals surface area contributed by atoms with Crippen molar-refractivity contribution in [2.45, 2.75) is 64.1 Å². The Bertz CT molecular complexity index is 885. The molecule has 0 saturated carbocycles. The van der Waals surface area contributed by atoms with E-state index in [9.17, 15) is 0 Å². The molecule has 3 aromatic rings. The molecule has 0 radical (unpaired) electrons. The average molecular weight is 396 g/mol. The molecule has 0 saturated heterocycles. The van der Waals surface area contributed by atoms with Crippen LogP contribution in [-0.4, -0.2) is 14.8 Å². The van der Waals surface area contributed by atoms with E-state index in [1.165, 1.54) is 16.7 Å². The molecule has 1 atom stereocenters. The van der Waals surface area contributed by atoms with Gasteiger partial charge in [-0.1, -0.05) is 67.6 Å². The topological polar surface area (TPSA) is 39.9 Å². The van der Waals surface area contributed by atoms with Crippen LogP contribution >= 0.6 is 11.8 Å². The molecule has 0 unspecified atom stereocenters. The van der Waals surface area contributed by atoms with E-state index in [1.54, 1.807) is 11.8 Å². The molecule has 0 N–H and O–H groups in total. The molecule has 4 nitrogen and oxygen atoms in total. The molecular weight excluding hydrogens is 366 g/mol. The first-order valence-electron chi connectivity index (χ1n) is 9.86. The molecule has 0 bridgehead atoms. The minimum atomic E-state index is -0.161. The van der Waals surface area contributed by atoms with Crippen LogP contribution < -0.4 is 4.74 Å². The van der Waals surface area contributed by atoms with Gasteiger partial charge >= 0.3 is 0 Å². The fourth-order valence-corrected chi connectivity index (χ4v) is 3.99. The number of thioether (sulfide) groups is 1. The van der Waals surface area contributed by atoms with Crippen molar-refractivity contribution in [1.29, 1.82) is 0 Å². The first kappa shape index (κ1) is 20.5. The Morgan fingerprint density at radius 1 is 0.964 bits per heavy atom. The maximum absolute atomic E-state index is 6.13. The van der Waals surface area contributed by atoms with Crippen molar-refractivity contribution in [2.75, 3.05) is 0 Å². The predicted molar refractivity (Wildman–Crippen MR) is 116 cm³/mol. The van der Waals surface area contributed by atoms with Crippen molar-refractivity contribution in [2.24, 2.45) is 0 Å². The normalized spacial score (nSPS) is 12.4. The van der Waals surface area contributed by atoms with Gasteiger partial charge < -0.3 is 9.30 Å². The minimum Gasteiger partial charge on any atom is -0.483 e. The van der Waals surface area contributed by atoms with Gasteiger partial charge in [-0.25, -0.2) is 0 Å². The summed E-state index contributed by atoms with van der Waals surface area (Å²) in [4.78, 5) is 0. The molecule has 28 heavy (non-hydrogen) atoms. The van der Waals surface area contributed by atoms with Crippen molar-refractivity contribution in [3.05, 3.63) is 71.0 Å². The molecule has 148 valence electrons. The molecule has 5 heteroatoms. The lowest BCUT2D eigenvalue weighted by Gasteiger charge is -2.16. The summed E-state index contributed by atoms with van der Waals surface area (Å²) in [6, 6.07) is 16.9. The number of rotatable bonds is 8. The smallest absolute Gasteiger partial charge is 0.191 e. The zero-order valence-corrected chi connectivity index (χ0v) is 18.2. The summed E-state index contributed by atoms with van der Waals surface area (Å²) < 4.78 is 8.28. The number of ether oxygens (including phenoxy) is 1. The number of aromatic nitrogens is 3. The minimum absolute atomic E-state index is 0.161. The molecule has 0 amide bonds. The van der Waals surface area contributed by atoms with Crippen molar-refractivity contribution in [3.8, 4) is 5.75 Å². The fourth-order valence-electron chi connectivity index (χ4n) is 3.03. The maximum atomic E-state index is 6.13.